The molecule has 0 bridgehead atoms. The fourth-order valence-electron chi connectivity index (χ4n) is 2.80. The van der Waals surface area contributed by atoms with Crippen LogP contribution in [0.4, 0.5) is 0 Å². The van der Waals surface area contributed by atoms with Crippen LogP contribution in [0, 0.1) is 5.92 Å². The number of nitrogens with one attached hydrogen (secondary N) is 1. The van der Waals surface area contributed by atoms with Gasteiger partial charge in [-0.3, -0.25) is 0 Å². The molecule has 2 aliphatic rings. The molecular formula is C12H20N4O. The van der Waals surface area contributed by atoms with Gasteiger partial charge in [0.25, 0.3) is 0 Å². The Labute approximate surface area is 101 Å². The van der Waals surface area contributed by atoms with Crippen molar-refractivity contribution in [3.63, 3.8) is 0 Å². The maximum absolute atomic E-state index is 9.21. The van der Waals surface area contributed by atoms with E-state index in [0.717, 1.165) is 57.0 Å². The molecule has 5 nitrogen and oxygen atoms in total. The van der Waals surface area contributed by atoms with Gasteiger partial charge in [-0.15, -0.1) is 0 Å². The van der Waals surface area contributed by atoms with Crippen LogP contribution in [0.2, 0.25) is 0 Å². The van der Waals surface area contributed by atoms with Crippen LogP contribution in [0.5, 0.6) is 0 Å². The minimum atomic E-state index is 0.273. The van der Waals surface area contributed by atoms with Gasteiger partial charge in [-0.25, -0.2) is 9.67 Å². The summed E-state index contributed by atoms with van der Waals surface area (Å²) in [5.74, 6) is 3.01. The summed E-state index contributed by atoms with van der Waals surface area (Å²) in [5.41, 5.74) is 0. The van der Waals surface area contributed by atoms with Gasteiger partial charge in [-0.2, -0.15) is 5.10 Å². The number of hydrogen-bond donors (Lipinski definition) is 2. The van der Waals surface area contributed by atoms with Gasteiger partial charge in [0.1, 0.15) is 5.82 Å². The van der Waals surface area contributed by atoms with Crippen LogP contribution in [0.3, 0.4) is 0 Å². The summed E-state index contributed by atoms with van der Waals surface area (Å²) in [4.78, 5) is 4.69. The van der Waals surface area contributed by atoms with Crippen molar-refractivity contribution in [2.45, 2.75) is 38.1 Å². The van der Waals surface area contributed by atoms with Crippen molar-refractivity contribution in [1.82, 2.24) is 20.1 Å². The number of aliphatic hydroxyl groups excluding tert-OH is 1. The van der Waals surface area contributed by atoms with Crippen molar-refractivity contribution in [3.05, 3.63) is 11.6 Å². The molecule has 3 rings (SSSR count). The second-order valence-corrected chi connectivity index (χ2v) is 5.18. The van der Waals surface area contributed by atoms with Crippen molar-refractivity contribution in [1.29, 1.82) is 0 Å². The summed E-state index contributed by atoms with van der Waals surface area (Å²) >= 11 is 0. The Hall–Kier alpha value is -0.940. The largest absolute Gasteiger partial charge is 0.396 e. The Morgan fingerprint density at radius 3 is 2.88 bits per heavy atom. The Morgan fingerprint density at radius 2 is 2.12 bits per heavy atom. The molecule has 2 aliphatic heterocycles. The van der Waals surface area contributed by atoms with Gasteiger partial charge in [0.2, 0.25) is 0 Å². The normalized spacial score (nSPS) is 25.8. The van der Waals surface area contributed by atoms with Gasteiger partial charge in [-0.1, -0.05) is 0 Å². The second-order valence-electron chi connectivity index (χ2n) is 5.18. The lowest BCUT2D eigenvalue weighted by atomic mass is 9.97. The quantitative estimate of drug-likeness (QED) is 0.775. The zero-order valence-electron chi connectivity index (χ0n) is 10.1. The summed E-state index contributed by atoms with van der Waals surface area (Å²) in [5, 5.41) is 17.2. The van der Waals surface area contributed by atoms with Crippen molar-refractivity contribution in [3.8, 4) is 0 Å². The molecular weight excluding hydrogens is 216 g/mol. The maximum Gasteiger partial charge on any atom is 0.154 e. The number of aliphatic hydroxyl groups is 1. The highest BCUT2D eigenvalue weighted by Crippen LogP contribution is 2.25. The topological polar surface area (TPSA) is 63.0 Å². The second kappa shape index (κ2) is 4.74. The monoisotopic (exact) mass is 236 g/mol. The highest BCUT2D eigenvalue weighted by molar-refractivity contribution is 5.03. The van der Waals surface area contributed by atoms with E-state index < -0.39 is 0 Å². The predicted molar refractivity (Wildman–Crippen MR) is 63.8 cm³/mol. The van der Waals surface area contributed by atoms with Gasteiger partial charge in [0.15, 0.2) is 5.82 Å². The number of aromatic nitrogens is 3. The molecule has 0 saturated carbocycles. The van der Waals surface area contributed by atoms with E-state index in [1.165, 1.54) is 0 Å². The van der Waals surface area contributed by atoms with Gasteiger partial charge >= 0.3 is 0 Å². The number of hydrogen-bond acceptors (Lipinski definition) is 4. The summed E-state index contributed by atoms with van der Waals surface area (Å²) in [6.45, 7) is 3.34. The van der Waals surface area contributed by atoms with E-state index in [9.17, 15) is 5.11 Å². The molecule has 0 radical (unpaired) electrons. The molecule has 17 heavy (non-hydrogen) atoms. The predicted octanol–water partition coefficient (Wildman–Crippen LogP) is 0.300. The first-order valence-corrected chi connectivity index (χ1v) is 6.62. The van der Waals surface area contributed by atoms with E-state index in [1.54, 1.807) is 0 Å². The van der Waals surface area contributed by atoms with Crippen LogP contribution in [0.15, 0.2) is 0 Å². The van der Waals surface area contributed by atoms with Crippen molar-refractivity contribution >= 4 is 0 Å². The Morgan fingerprint density at radius 1 is 1.29 bits per heavy atom. The molecule has 0 amide bonds. The Kier molecular flexibility index (Phi) is 3.11. The standard InChI is InChI=1S/C12H20N4O/c17-8-9-3-6-16-11(7-9)14-12(15-16)10-1-4-13-5-2-10/h9-10,13,17H,1-8H2. The van der Waals surface area contributed by atoms with Gasteiger partial charge < -0.3 is 10.4 Å². The fraction of sp³-hybridized carbons (Fsp3) is 0.833. The van der Waals surface area contributed by atoms with Crippen molar-refractivity contribution in [2.75, 3.05) is 19.7 Å². The molecule has 0 aliphatic carbocycles. The highest BCUT2D eigenvalue weighted by Gasteiger charge is 2.25. The van der Waals surface area contributed by atoms with Crippen molar-refractivity contribution < 1.29 is 5.11 Å². The minimum Gasteiger partial charge on any atom is -0.396 e. The van der Waals surface area contributed by atoms with E-state index in [4.69, 9.17) is 0 Å². The number of rotatable bonds is 2. The Bertz CT molecular complexity index is 384. The first-order valence-electron chi connectivity index (χ1n) is 6.62. The molecule has 3 heterocycles. The molecule has 0 aromatic carbocycles. The lowest BCUT2D eigenvalue weighted by Gasteiger charge is -2.19. The van der Waals surface area contributed by atoms with Crippen LogP contribution in [-0.4, -0.2) is 39.6 Å². The molecule has 1 saturated heterocycles. The van der Waals surface area contributed by atoms with Crippen LogP contribution in [0.25, 0.3) is 0 Å². The third-order valence-corrected chi connectivity index (χ3v) is 3.95. The number of fused-ring (bicyclic) bond motifs is 1. The van der Waals surface area contributed by atoms with Crippen LogP contribution >= 0.6 is 0 Å². The SMILES string of the molecule is OCC1CCn2nc(C3CCNCC3)nc2C1. The molecule has 2 N–H and O–H groups in total. The molecule has 94 valence electrons. The smallest absolute Gasteiger partial charge is 0.154 e. The molecule has 1 unspecified atom stereocenters. The average molecular weight is 236 g/mol. The maximum atomic E-state index is 9.21. The highest BCUT2D eigenvalue weighted by atomic mass is 16.3. The van der Waals surface area contributed by atoms with E-state index in [0.29, 0.717) is 11.8 Å². The summed E-state index contributed by atoms with van der Waals surface area (Å²) in [6, 6.07) is 0. The van der Waals surface area contributed by atoms with E-state index >= 15 is 0 Å². The lowest BCUT2D eigenvalue weighted by molar-refractivity contribution is 0.196. The first kappa shape index (κ1) is 11.2. The van der Waals surface area contributed by atoms with E-state index in [1.807, 2.05) is 4.68 Å². The molecule has 0 spiro atoms. The first-order chi connectivity index (χ1) is 8.36. The third-order valence-electron chi connectivity index (χ3n) is 3.95. The summed E-state index contributed by atoms with van der Waals surface area (Å²) in [6.07, 6.45) is 4.20. The van der Waals surface area contributed by atoms with E-state index in [-0.39, 0.29) is 6.61 Å². The van der Waals surface area contributed by atoms with Crippen LogP contribution in [-0.2, 0) is 13.0 Å². The zero-order chi connectivity index (χ0) is 11.7. The fourth-order valence-corrected chi connectivity index (χ4v) is 2.80. The summed E-state index contributed by atoms with van der Waals surface area (Å²) < 4.78 is 2.05. The number of aryl methyl sites for hydroxylation is 1. The molecule has 1 aromatic rings. The third kappa shape index (κ3) is 2.21. The molecule has 5 heteroatoms. The number of piperidine rings is 1. The molecule has 1 atom stereocenters. The van der Waals surface area contributed by atoms with Crippen LogP contribution < -0.4 is 5.32 Å². The van der Waals surface area contributed by atoms with Gasteiger partial charge in [0.05, 0.1) is 0 Å². The lowest BCUT2D eigenvalue weighted by Crippen LogP contribution is -2.27. The minimum absolute atomic E-state index is 0.273. The average Bonchev–Trinajstić information content (AvgIpc) is 2.82. The van der Waals surface area contributed by atoms with Gasteiger partial charge in [0, 0.05) is 25.5 Å². The summed E-state index contributed by atoms with van der Waals surface area (Å²) in [7, 11) is 0. The van der Waals surface area contributed by atoms with Crippen LogP contribution in [0.1, 0.15) is 36.8 Å². The van der Waals surface area contributed by atoms with E-state index in [2.05, 4.69) is 15.4 Å². The Balaban J connectivity index is 1.77. The molecule has 1 aromatic heterocycles. The van der Waals surface area contributed by atoms with Gasteiger partial charge in [-0.05, 0) is 38.3 Å². The number of nitrogens with zero attached hydrogens (tertiary/aromatic N) is 3. The van der Waals surface area contributed by atoms with Crippen molar-refractivity contribution in [2.24, 2.45) is 5.92 Å². The zero-order valence-corrected chi connectivity index (χ0v) is 10.1. The molecule has 1 fully saturated rings.